The minimum atomic E-state index is -0.821. The maximum Gasteiger partial charge on any atom is 0.178 e. The van der Waals surface area contributed by atoms with Crippen molar-refractivity contribution in [1.29, 1.82) is 0 Å². The highest BCUT2D eigenvalue weighted by Crippen LogP contribution is 2.17. The van der Waals surface area contributed by atoms with Crippen molar-refractivity contribution in [3.05, 3.63) is 17.7 Å². The van der Waals surface area contributed by atoms with Crippen LogP contribution in [-0.4, -0.2) is 37.1 Å². The fourth-order valence-electron chi connectivity index (χ4n) is 1.09. The van der Waals surface area contributed by atoms with Crippen molar-refractivity contribution in [2.75, 3.05) is 37.9 Å². The maximum atomic E-state index is 13.2. The van der Waals surface area contributed by atoms with E-state index in [4.69, 9.17) is 5.84 Å². The Labute approximate surface area is 92.6 Å². The van der Waals surface area contributed by atoms with E-state index in [1.165, 1.54) is 0 Å². The van der Waals surface area contributed by atoms with Gasteiger partial charge in [0.1, 0.15) is 0 Å². The number of anilines is 2. The SMILES string of the molecule is CN(C)CCNc1nc(NN)c(F)cc1F. The van der Waals surface area contributed by atoms with Crippen LogP contribution >= 0.6 is 0 Å². The van der Waals surface area contributed by atoms with Crippen LogP contribution in [0.25, 0.3) is 0 Å². The van der Waals surface area contributed by atoms with E-state index in [2.05, 4.69) is 15.7 Å². The molecule has 0 amide bonds. The van der Waals surface area contributed by atoms with Gasteiger partial charge in [-0.1, -0.05) is 0 Å². The van der Waals surface area contributed by atoms with E-state index in [1.54, 1.807) is 0 Å². The van der Waals surface area contributed by atoms with Crippen LogP contribution in [0, 0.1) is 11.6 Å². The number of nitrogen functional groups attached to an aromatic ring is 1. The number of rotatable bonds is 5. The molecule has 0 saturated carbocycles. The number of nitrogens with one attached hydrogen (secondary N) is 2. The molecule has 1 aromatic rings. The Morgan fingerprint density at radius 1 is 1.31 bits per heavy atom. The van der Waals surface area contributed by atoms with Gasteiger partial charge in [0.05, 0.1) is 0 Å². The molecule has 1 heterocycles. The van der Waals surface area contributed by atoms with Crippen LogP contribution in [-0.2, 0) is 0 Å². The van der Waals surface area contributed by atoms with E-state index in [0.717, 1.165) is 6.07 Å². The van der Waals surface area contributed by atoms with Gasteiger partial charge in [0, 0.05) is 19.2 Å². The molecule has 0 atom stereocenters. The summed E-state index contributed by atoms with van der Waals surface area (Å²) in [6.45, 7) is 1.22. The highest BCUT2D eigenvalue weighted by atomic mass is 19.1. The molecular formula is C9H15F2N5. The van der Waals surface area contributed by atoms with Gasteiger partial charge in [0.15, 0.2) is 23.3 Å². The Hall–Kier alpha value is -1.47. The van der Waals surface area contributed by atoms with Crippen LogP contribution < -0.4 is 16.6 Å². The lowest BCUT2D eigenvalue weighted by atomic mass is 10.4. The van der Waals surface area contributed by atoms with Crippen molar-refractivity contribution in [2.24, 2.45) is 5.84 Å². The van der Waals surface area contributed by atoms with E-state index in [-0.39, 0.29) is 11.6 Å². The maximum absolute atomic E-state index is 13.2. The van der Waals surface area contributed by atoms with E-state index in [9.17, 15) is 8.78 Å². The Bertz CT molecular complexity index is 356. The zero-order valence-corrected chi connectivity index (χ0v) is 9.22. The second kappa shape index (κ2) is 5.57. The molecule has 0 aromatic carbocycles. The van der Waals surface area contributed by atoms with Gasteiger partial charge in [-0.2, -0.15) is 0 Å². The summed E-state index contributed by atoms with van der Waals surface area (Å²) in [5.74, 6) is 3.27. The van der Waals surface area contributed by atoms with Crippen molar-refractivity contribution < 1.29 is 8.78 Å². The summed E-state index contributed by atoms with van der Waals surface area (Å²) in [6, 6.07) is 0.736. The normalized spacial score (nSPS) is 10.6. The average molecular weight is 231 g/mol. The van der Waals surface area contributed by atoms with Gasteiger partial charge in [-0.15, -0.1) is 0 Å². The molecule has 0 bridgehead atoms. The van der Waals surface area contributed by atoms with Crippen LogP contribution in [0.3, 0.4) is 0 Å². The van der Waals surface area contributed by atoms with Crippen LogP contribution in [0.1, 0.15) is 0 Å². The van der Waals surface area contributed by atoms with Crippen LogP contribution in [0.5, 0.6) is 0 Å². The molecule has 1 rings (SSSR count). The predicted molar refractivity (Wildman–Crippen MR) is 59.0 cm³/mol. The molecule has 90 valence electrons. The van der Waals surface area contributed by atoms with Crippen LogP contribution in [0.2, 0.25) is 0 Å². The highest BCUT2D eigenvalue weighted by Gasteiger charge is 2.10. The first-order chi connectivity index (χ1) is 7.54. The lowest BCUT2D eigenvalue weighted by molar-refractivity contribution is 0.424. The summed E-state index contributed by atoms with van der Waals surface area (Å²) in [5.41, 5.74) is 2.06. The second-order valence-corrected chi connectivity index (χ2v) is 3.52. The molecule has 0 fully saturated rings. The minimum Gasteiger partial charge on any atom is -0.366 e. The molecule has 0 aliphatic heterocycles. The van der Waals surface area contributed by atoms with Gasteiger partial charge in [0.25, 0.3) is 0 Å². The Kier molecular flexibility index (Phi) is 4.39. The lowest BCUT2D eigenvalue weighted by Gasteiger charge is -2.12. The van der Waals surface area contributed by atoms with Gasteiger partial charge in [0.2, 0.25) is 0 Å². The fraction of sp³-hybridized carbons (Fsp3) is 0.444. The van der Waals surface area contributed by atoms with Crippen molar-refractivity contribution in [3.8, 4) is 0 Å². The highest BCUT2D eigenvalue weighted by molar-refractivity contribution is 5.46. The van der Waals surface area contributed by atoms with E-state index >= 15 is 0 Å². The van der Waals surface area contributed by atoms with E-state index in [1.807, 2.05) is 19.0 Å². The zero-order chi connectivity index (χ0) is 12.1. The van der Waals surface area contributed by atoms with Crippen molar-refractivity contribution >= 4 is 11.6 Å². The van der Waals surface area contributed by atoms with Gasteiger partial charge >= 0.3 is 0 Å². The monoisotopic (exact) mass is 231 g/mol. The van der Waals surface area contributed by atoms with Crippen LogP contribution in [0.15, 0.2) is 6.07 Å². The predicted octanol–water partition coefficient (Wildman–Crippen LogP) is 0.619. The minimum absolute atomic E-state index is 0.0174. The van der Waals surface area contributed by atoms with Gasteiger partial charge in [-0.3, -0.25) is 0 Å². The molecule has 0 aliphatic carbocycles. The number of nitrogens with two attached hydrogens (primary N) is 1. The summed E-state index contributed by atoms with van der Waals surface area (Å²) >= 11 is 0. The molecule has 0 aliphatic rings. The number of hydrogen-bond donors (Lipinski definition) is 3. The smallest absolute Gasteiger partial charge is 0.178 e. The Morgan fingerprint density at radius 3 is 2.50 bits per heavy atom. The third-order valence-corrected chi connectivity index (χ3v) is 1.92. The zero-order valence-electron chi connectivity index (χ0n) is 9.22. The Morgan fingerprint density at radius 2 is 1.94 bits per heavy atom. The number of hydrogen-bond acceptors (Lipinski definition) is 5. The summed E-state index contributed by atoms with van der Waals surface area (Å²) in [7, 11) is 3.78. The lowest BCUT2D eigenvalue weighted by Crippen LogP contribution is -2.22. The first-order valence-corrected chi connectivity index (χ1v) is 4.76. The number of nitrogens with zero attached hydrogens (tertiary/aromatic N) is 2. The molecule has 1 aromatic heterocycles. The summed E-state index contributed by atoms with van der Waals surface area (Å²) < 4.78 is 26.2. The largest absolute Gasteiger partial charge is 0.366 e. The van der Waals surface area contributed by atoms with Gasteiger partial charge in [-0.05, 0) is 14.1 Å². The third-order valence-electron chi connectivity index (χ3n) is 1.92. The number of halogens is 2. The van der Waals surface area contributed by atoms with Crippen LogP contribution in [0.4, 0.5) is 20.4 Å². The van der Waals surface area contributed by atoms with Gasteiger partial charge in [-0.25, -0.2) is 19.6 Å². The molecule has 7 heteroatoms. The van der Waals surface area contributed by atoms with Crippen molar-refractivity contribution in [2.45, 2.75) is 0 Å². The van der Waals surface area contributed by atoms with E-state index in [0.29, 0.717) is 13.1 Å². The van der Waals surface area contributed by atoms with Crippen molar-refractivity contribution in [1.82, 2.24) is 9.88 Å². The molecule has 16 heavy (non-hydrogen) atoms. The first kappa shape index (κ1) is 12.6. The number of likely N-dealkylation sites (N-methyl/N-ethyl adjacent to an activating group) is 1. The molecular weight excluding hydrogens is 216 g/mol. The van der Waals surface area contributed by atoms with Crippen molar-refractivity contribution in [3.63, 3.8) is 0 Å². The molecule has 4 N–H and O–H groups in total. The summed E-state index contributed by atoms with van der Waals surface area (Å²) in [5, 5.41) is 2.76. The number of hydrazine groups is 1. The van der Waals surface area contributed by atoms with Gasteiger partial charge < -0.3 is 15.6 Å². The molecule has 0 saturated heterocycles. The quantitative estimate of drug-likeness (QED) is 0.512. The topological polar surface area (TPSA) is 66.2 Å². The number of pyridine rings is 1. The summed E-state index contributed by atoms with van der Waals surface area (Å²) in [4.78, 5) is 5.60. The first-order valence-electron chi connectivity index (χ1n) is 4.76. The molecule has 0 radical (unpaired) electrons. The molecule has 0 unspecified atom stereocenters. The molecule has 0 spiro atoms. The third kappa shape index (κ3) is 3.28. The molecule has 5 nitrogen and oxygen atoms in total. The second-order valence-electron chi connectivity index (χ2n) is 3.52. The average Bonchev–Trinajstić information content (AvgIpc) is 2.20. The summed E-state index contributed by atoms with van der Waals surface area (Å²) in [6.07, 6.45) is 0. The Balaban J connectivity index is 2.72. The number of aromatic nitrogens is 1. The standard InChI is InChI=1S/C9H15F2N5/c1-16(2)4-3-13-8-6(10)5-7(11)9(14-8)15-12/h5H,3-4,12H2,1-2H3,(H2,13,14,15). The fourth-order valence-corrected chi connectivity index (χ4v) is 1.09. The van der Waals surface area contributed by atoms with E-state index < -0.39 is 11.6 Å².